The second kappa shape index (κ2) is 17.9. The van der Waals surface area contributed by atoms with Crippen LogP contribution in [-0.2, 0) is 14.4 Å². The smallest absolute Gasteiger partial charge is 0.219 e. The molecule has 0 saturated carbocycles. The number of amides is 1. The van der Waals surface area contributed by atoms with Crippen molar-refractivity contribution in [3.8, 4) is 0 Å². The van der Waals surface area contributed by atoms with Crippen LogP contribution >= 0.6 is 0 Å². The highest BCUT2D eigenvalue weighted by Gasteiger charge is 2.12. The van der Waals surface area contributed by atoms with E-state index in [1.54, 1.807) is 0 Å². The topological polar surface area (TPSA) is 63.2 Å². The van der Waals surface area contributed by atoms with Gasteiger partial charge >= 0.3 is 0 Å². The molecule has 1 amide bonds. The van der Waals surface area contributed by atoms with Crippen molar-refractivity contribution in [2.75, 3.05) is 6.54 Å². The van der Waals surface area contributed by atoms with E-state index in [2.05, 4.69) is 19.2 Å². The molecule has 0 heterocycles. The van der Waals surface area contributed by atoms with E-state index in [0.29, 0.717) is 37.4 Å². The Morgan fingerprint density at radius 1 is 0.679 bits per heavy atom. The third-order valence-electron chi connectivity index (χ3n) is 5.70. The first-order chi connectivity index (χ1) is 13.4. The van der Waals surface area contributed by atoms with Gasteiger partial charge in [-0.3, -0.25) is 14.4 Å². The summed E-state index contributed by atoms with van der Waals surface area (Å²) >= 11 is 0. The summed E-state index contributed by atoms with van der Waals surface area (Å²) < 4.78 is 0. The zero-order chi connectivity index (χ0) is 21.2. The Bertz CT molecular complexity index is 434. The fourth-order valence-electron chi connectivity index (χ4n) is 3.26. The van der Waals surface area contributed by atoms with Gasteiger partial charge in [-0.25, -0.2) is 0 Å². The lowest BCUT2D eigenvalue weighted by Gasteiger charge is -2.10. The second-order valence-corrected chi connectivity index (χ2v) is 8.36. The summed E-state index contributed by atoms with van der Waals surface area (Å²) in [7, 11) is 0. The Morgan fingerprint density at radius 2 is 1.25 bits per heavy atom. The number of nitrogens with one attached hydrogen (secondary N) is 1. The van der Waals surface area contributed by atoms with Gasteiger partial charge in [0.15, 0.2) is 0 Å². The first-order valence-electron chi connectivity index (χ1n) is 11.7. The Balaban J connectivity index is 3.55. The fraction of sp³-hybridized carbons (Fsp3) is 0.875. The Labute approximate surface area is 173 Å². The van der Waals surface area contributed by atoms with Crippen LogP contribution in [-0.4, -0.2) is 24.0 Å². The van der Waals surface area contributed by atoms with Crippen molar-refractivity contribution in [1.29, 1.82) is 0 Å². The second-order valence-electron chi connectivity index (χ2n) is 8.36. The van der Waals surface area contributed by atoms with E-state index in [1.807, 2.05) is 13.8 Å². The Kier molecular flexibility index (Phi) is 17.1. The van der Waals surface area contributed by atoms with Gasteiger partial charge in [0.25, 0.3) is 0 Å². The molecule has 28 heavy (non-hydrogen) atoms. The summed E-state index contributed by atoms with van der Waals surface area (Å²) in [6.07, 6.45) is 13.0. The predicted molar refractivity (Wildman–Crippen MR) is 117 cm³/mol. The molecular weight excluding hydrogens is 350 g/mol. The van der Waals surface area contributed by atoms with Gasteiger partial charge in [-0.15, -0.1) is 0 Å². The lowest BCUT2D eigenvalue weighted by molar-refractivity contribution is -0.123. The first-order valence-corrected chi connectivity index (χ1v) is 11.7. The summed E-state index contributed by atoms with van der Waals surface area (Å²) in [6.45, 7) is 8.95. The number of rotatable bonds is 19. The highest BCUT2D eigenvalue weighted by molar-refractivity contribution is 5.81. The number of unbranched alkanes of at least 4 members (excludes halogenated alkanes) is 6. The third-order valence-corrected chi connectivity index (χ3v) is 5.70. The van der Waals surface area contributed by atoms with E-state index in [0.717, 1.165) is 44.9 Å². The van der Waals surface area contributed by atoms with Gasteiger partial charge in [0.1, 0.15) is 11.6 Å². The van der Waals surface area contributed by atoms with Crippen LogP contribution in [0.25, 0.3) is 0 Å². The monoisotopic (exact) mass is 395 g/mol. The summed E-state index contributed by atoms with van der Waals surface area (Å²) in [5.74, 6) is 1.13. The largest absolute Gasteiger partial charge is 0.356 e. The standard InChI is InChI=1S/C24H45NO3/c1-5-7-8-10-15-21(4)23(27)16-11-9-14-19-25-24(28)18-13-12-17-22(26)20(3)6-2/h20-21H,5-19H2,1-4H3,(H,25,28). The quantitative estimate of drug-likeness (QED) is 0.272. The highest BCUT2D eigenvalue weighted by Crippen LogP contribution is 2.15. The molecule has 0 saturated heterocycles. The molecule has 0 aliphatic rings. The first kappa shape index (κ1) is 26.8. The van der Waals surface area contributed by atoms with E-state index in [9.17, 15) is 14.4 Å². The molecule has 0 rings (SSSR count). The Morgan fingerprint density at radius 3 is 1.89 bits per heavy atom. The minimum absolute atomic E-state index is 0.0766. The van der Waals surface area contributed by atoms with Crippen molar-refractivity contribution in [2.45, 2.75) is 118 Å². The molecule has 0 aromatic rings. The summed E-state index contributed by atoms with van der Waals surface area (Å²) in [5, 5.41) is 2.95. The third kappa shape index (κ3) is 14.8. The molecule has 0 aromatic carbocycles. The maximum Gasteiger partial charge on any atom is 0.219 e. The molecule has 0 radical (unpaired) electrons. The van der Waals surface area contributed by atoms with E-state index in [-0.39, 0.29) is 17.7 Å². The van der Waals surface area contributed by atoms with Gasteiger partial charge in [0.2, 0.25) is 5.91 Å². The molecule has 4 heteroatoms. The van der Waals surface area contributed by atoms with Gasteiger partial charge in [0, 0.05) is 37.6 Å². The minimum Gasteiger partial charge on any atom is -0.356 e. The van der Waals surface area contributed by atoms with Crippen molar-refractivity contribution in [2.24, 2.45) is 11.8 Å². The summed E-state index contributed by atoms with van der Waals surface area (Å²) in [6, 6.07) is 0. The van der Waals surface area contributed by atoms with Crippen LogP contribution in [0.15, 0.2) is 0 Å². The van der Waals surface area contributed by atoms with Gasteiger partial charge < -0.3 is 5.32 Å². The maximum atomic E-state index is 12.1. The van der Waals surface area contributed by atoms with Crippen molar-refractivity contribution in [1.82, 2.24) is 5.32 Å². The molecule has 0 aliphatic carbocycles. The average Bonchev–Trinajstić information content (AvgIpc) is 2.69. The molecule has 4 nitrogen and oxygen atoms in total. The van der Waals surface area contributed by atoms with Crippen LogP contribution in [0.3, 0.4) is 0 Å². The van der Waals surface area contributed by atoms with Gasteiger partial charge in [-0.1, -0.05) is 59.8 Å². The predicted octanol–water partition coefficient (Wildman–Crippen LogP) is 6.01. The summed E-state index contributed by atoms with van der Waals surface area (Å²) in [5.41, 5.74) is 0. The molecule has 0 bridgehead atoms. The van der Waals surface area contributed by atoms with Crippen LogP contribution in [0, 0.1) is 11.8 Å². The van der Waals surface area contributed by atoms with Crippen LogP contribution in [0.4, 0.5) is 0 Å². The van der Waals surface area contributed by atoms with Gasteiger partial charge in [-0.05, 0) is 38.5 Å². The van der Waals surface area contributed by atoms with Crippen LogP contribution in [0.1, 0.15) is 118 Å². The van der Waals surface area contributed by atoms with Crippen LogP contribution in [0.5, 0.6) is 0 Å². The SMILES string of the molecule is CCCCCCC(C)C(=O)CCCCCNC(=O)CCCCC(=O)C(C)CC. The number of carbonyl (C=O) groups is 3. The summed E-state index contributed by atoms with van der Waals surface area (Å²) in [4.78, 5) is 35.6. The number of Topliss-reactive ketones (excluding diaryl/α,β-unsaturated/α-hetero) is 2. The van der Waals surface area contributed by atoms with Crippen molar-refractivity contribution in [3.63, 3.8) is 0 Å². The number of hydrogen-bond donors (Lipinski definition) is 1. The normalized spacial score (nSPS) is 13.1. The molecule has 2 atom stereocenters. The highest BCUT2D eigenvalue weighted by atomic mass is 16.1. The molecule has 0 fully saturated rings. The molecular formula is C24H45NO3. The lowest BCUT2D eigenvalue weighted by atomic mass is 9.95. The zero-order valence-electron chi connectivity index (χ0n) is 19.0. The van der Waals surface area contributed by atoms with E-state index < -0.39 is 0 Å². The minimum atomic E-state index is 0.0766. The van der Waals surface area contributed by atoms with E-state index >= 15 is 0 Å². The molecule has 1 N–H and O–H groups in total. The lowest BCUT2D eigenvalue weighted by Crippen LogP contribution is -2.24. The fourth-order valence-corrected chi connectivity index (χ4v) is 3.26. The van der Waals surface area contributed by atoms with E-state index in [1.165, 1.54) is 25.7 Å². The van der Waals surface area contributed by atoms with Gasteiger partial charge in [-0.2, -0.15) is 0 Å². The van der Waals surface area contributed by atoms with Crippen LogP contribution in [0.2, 0.25) is 0 Å². The number of hydrogen-bond acceptors (Lipinski definition) is 3. The molecule has 2 unspecified atom stereocenters. The average molecular weight is 396 g/mol. The van der Waals surface area contributed by atoms with Crippen LogP contribution < -0.4 is 5.32 Å². The zero-order valence-corrected chi connectivity index (χ0v) is 19.0. The van der Waals surface area contributed by atoms with Crippen molar-refractivity contribution < 1.29 is 14.4 Å². The van der Waals surface area contributed by atoms with Crippen molar-refractivity contribution >= 4 is 17.5 Å². The molecule has 164 valence electrons. The molecule has 0 aromatic heterocycles. The number of ketones is 2. The van der Waals surface area contributed by atoms with E-state index in [4.69, 9.17) is 0 Å². The Hall–Kier alpha value is -1.19. The number of carbonyl (C=O) groups excluding carboxylic acids is 3. The van der Waals surface area contributed by atoms with Crippen molar-refractivity contribution in [3.05, 3.63) is 0 Å². The molecule has 0 spiro atoms. The maximum absolute atomic E-state index is 12.1. The van der Waals surface area contributed by atoms with Gasteiger partial charge in [0.05, 0.1) is 0 Å². The molecule has 0 aliphatic heterocycles.